The Labute approximate surface area is 107 Å². The SMILES string of the molecule is CCN1CCCC(Oc2cccc(C(=O)O)c2)C1. The van der Waals surface area contributed by atoms with Gasteiger partial charge in [0, 0.05) is 6.54 Å². The van der Waals surface area contributed by atoms with Gasteiger partial charge in [-0.25, -0.2) is 4.79 Å². The summed E-state index contributed by atoms with van der Waals surface area (Å²) in [4.78, 5) is 13.2. The molecule has 0 radical (unpaired) electrons. The molecule has 2 rings (SSSR count). The summed E-state index contributed by atoms with van der Waals surface area (Å²) in [5.74, 6) is -0.267. The Bertz CT molecular complexity index is 419. The second-order valence-corrected chi connectivity index (χ2v) is 4.61. The third-order valence-corrected chi connectivity index (χ3v) is 3.29. The molecule has 0 aromatic heterocycles. The Balaban J connectivity index is 2.00. The third kappa shape index (κ3) is 3.23. The average molecular weight is 249 g/mol. The van der Waals surface area contributed by atoms with E-state index in [1.807, 2.05) is 6.07 Å². The predicted molar refractivity (Wildman–Crippen MR) is 69.2 cm³/mol. The van der Waals surface area contributed by atoms with Crippen LogP contribution in [0.25, 0.3) is 0 Å². The van der Waals surface area contributed by atoms with Crippen LogP contribution in [0.15, 0.2) is 24.3 Å². The van der Waals surface area contributed by atoms with Crippen LogP contribution in [0.1, 0.15) is 30.1 Å². The maximum atomic E-state index is 10.9. The van der Waals surface area contributed by atoms with Gasteiger partial charge in [0.05, 0.1) is 5.56 Å². The summed E-state index contributed by atoms with van der Waals surface area (Å²) in [7, 11) is 0. The molecule has 4 nitrogen and oxygen atoms in total. The molecule has 1 aromatic carbocycles. The van der Waals surface area contributed by atoms with Gasteiger partial charge >= 0.3 is 5.97 Å². The fourth-order valence-corrected chi connectivity index (χ4v) is 2.29. The van der Waals surface area contributed by atoms with Crippen LogP contribution >= 0.6 is 0 Å². The van der Waals surface area contributed by atoms with Gasteiger partial charge in [0.15, 0.2) is 0 Å². The number of carboxylic acids is 1. The summed E-state index contributed by atoms with van der Waals surface area (Å²) in [5.41, 5.74) is 0.274. The molecule has 0 aliphatic carbocycles. The van der Waals surface area contributed by atoms with Gasteiger partial charge in [0.1, 0.15) is 11.9 Å². The number of likely N-dealkylation sites (tertiary alicyclic amines) is 1. The van der Waals surface area contributed by atoms with Crippen molar-refractivity contribution in [2.75, 3.05) is 19.6 Å². The summed E-state index contributed by atoms with van der Waals surface area (Å²) in [6.45, 7) is 5.24. The Kier molecular flexibility index (Phi) is 4.20. The summed E-state index contributed by atoms with van der Waals surface area (Å²) in [6, 6.07) is 6.71. The van der Waals surface area contributed by atoms with Gasteiger partial charge in [-0.1, -0.05) is 13.0 Å². The number of ether oxygens (including phenoxy) is 1. The Morgan fingerprint density at radius 1 is 1.56 bits per heavy atom. The molecule has 98 valence electrons. The number of benzene rings is 1. The highest BCUT2D eigenvalue weighted by molar-refractivity contribution is 5.87. The first kappa shape index (κ1) is 12.9. The van der Waals surface area contributed by atoms with Gasteiger partial charge in [-0.05, 0) is 44.1 Å². The first-order valence-corrected chi connectivity index (χ1v) is 6.41. The fourth-order valence-electron chi connectivity index (χ4n) is 2.29. The molecule has 0 saturated carbocycles. The summed E-state index contributed by atoms with van der Waals surface area (Å²) >= 11 is 0. The second kappa shape index (κ2) is 5.87. The van der Waals surface area contributed by atoms with Gasteiger partial charge in [-0.3, -0.25) is 4.90 Å². The number of aromatic carboxylic acids is 1. The largest absolute Gasteiger partial charge is 0.489 e. The Morgan fingerprint density at radius 3 is 3.11 bits per heavy atom. The fraction of sp³-hybridized carbons (Fsp3) is 0.500. The van der Waals surface area contributed by atoms with Crippen molar-refractivity contribution in [3.63, 3.8) is 0 Å². The van der Waals surface area contributed by atoms with E-state index in [0.717, 1.165) is 32.5 Å². The van der Waals surface area contributed by atoms with Crippen molar-refractivity contribution >= 4 is 5.97 Å². The van der Waals surface area contributed by atoms with E-state index in [4.69, 9.17) is 9.84 Å². The molecule has 4 heteroatoms. The molecule has 0 amide bonds. The minimum absolute atomic E-state index is 0.169. The van der Waals surface area contributed by atoms with Crippen molar-refractivity contribution in [2.45, 2.75) is 25.9 Å². The highest BCUT2D eigenvalue weighted by Gasteiger charge is 2.20. The van der Waals surface area contributed by atoms with Gasteiger partial charge in [0.25, 0.3) is 0 Å². The molecule has 1 aromatic rings. The number of rotatable bonds is 4. The number of carbonyl (C=O) groups is 1. The van der Waals surface area contributed by atoms with Crippen molar-refractivity contribution in [1.29, 1.82) is 0 Å². The molecule has 1 atom stereocenters. The Morgan fingerprint density at radius 2 is 2.39 bits per heavy atom. The molecular formula is C14H19NO3. The van der Waals surface area contributed by atoms with E-state index >= 15 is 0 Å². The van der Waals surface area contributed by atoms with E-state index in [1.165, 1.54) is 0 Å². The summed E-state index contributed by atoms with van der Waals surface area (Å²) < 4.78 is 5.87. The van der Waals surface area contributed by atoms with Gasteiger partial charge in [-0.2, -0.15) is 0 Å². The normalized spacial score (nSPS) is 20.6. The lowest BCUT2D eigenvalue weighted by Gasteiger charge is -2.32. The standard InChI is InChI=1S/C14H19NO3/c1-2-15-8-4-7-13(10-15)18-12-6-3-5-11(9-12)14(16)17/h3,5-6,9,13H,2,4,7-8,10H2,1H3,(H,16,17). The first-order chi connectivity index (χ1) is 8.69. The summed E-state index contributed by atoms with van der Waals surface area (Å²) in [5, 5.41) is 8.93. The number of nitrogens with zero attached hydrogens (tertiary/aromatic N) is 1. The second-order valence-electron chi connectivity index (χ2n) is 4.61. The van der Waals surface area contributed by atoms with E-state index in [0.29, 0.717) is 5.75 Å². The van der Waals surface area contributed by atoms with E-state index in [1.54, 1.807) is 18.2 Å². The Hall–Kier alpha value is -1.55. The smallest absolute Gasteiger partial charge is 0.335 e. The lowest BCUT2D eigenvalue weighted by molar-refractivity contribution is 0.0693. The molecule has 1 N–H and O–H groups in total. The molecule has 0 bridgehead atoms. The lowest BCUT2D eigenvalue weighted by atomic mass is 10.1. The molecule has 1 saturated heterocycles. The maximum absolute atomic E-state index is 10.9. The van der Waals surface area contributed by atoms with Crippen LogP contribution in [0.4, 0.5) is 0 Å². The van der Waals surface area contributed by atoms with E-state index in [9.17, 15) is 4.79 Å². The van der Waals surface area contributed by atoms with Crippen LogP contribution in [0.3, 0.4) is 0 Å². The molecule has 0 spiro atoms. The highest BCUT2D eigenvalue weighted by atomic mass is 16.5. The quantitative estimate of drug-likeness (QED) is 0.889. The zero-order valence-corrected chi connectivity index (χ0v) is 10.6. The number of carboxylic acid groups (broad SMARTS) is 1. The monoisotopic (exact) mass is 249 g/mol. The first-order valence-electron chi connectivity index (χ1n) is 6.41. The van der Waals surface area contributed by atoms with Crippen molar-refractivity contribution in [1.82, 2.24) is 4.90 Å². The molecule has 1 unspecified atom stereocenters. The number of piperidine rings is 1. The molecule has 1 aliphatic heterocycles. The van der Waals surface area contributed by atoms with Crippen LogP contribution in [-0.2, 0) is 0 Å². The minimum atomic E-state index is -0.917. The zero-order valence-electron chi connectivity index (χ0n) is 10.6. The highest BCUT2D eigenvalue weighted by Crippen LogP contribution is 2.19. The zero-order chi connectivity index (χ0) is 13.0. The van der Waals surface area contributed by atoms with E-state index < -0.39 is 5.97 Å². The van der Waals surface area contributed by atoms with Crippen molar-refractivity contribution in [3.8, 4) is 5.75 Å². The van der Waals surface area contributed by atoms with Crippen molar-refractivity contribution in [2.24, 2.45) is 0 Å². The molecular weight excluding hydrogens is 230 g/mol. The van der Waals surface area contributed by atoms with Gasteiger partial charge in [0.2, 0.25) is 0 Å². The van der Waals surface area contributed by atoms with Crippen LogP contribution in [-0.4, -0.2) is 41.7 Å². The number of hydrogen-bond donors (Lipinski definition) is 1. The molecule has 1 aliphatic rings. The molecule has 18 heavy (non-hydrogen) atoms. The predicted octanol–water partition coefficient (Wildman–Crippen LogP) is 2.25. The van der Waals surface area contributed by atoms with Crippen LogP contribution in [0.5, 0.6) is 5.75 Å². The average Bonchev–Trinajstić information content (AvgIpc) is 2.39. The van der Waals surface area contributed by atoms with Crippen LogP contribution < -0.4 is 4.74 Å². The number of likely N-dealkylation sites (N-methyl/N-ethyl adjacent to an activating group) is 1. The minimum Gasteiger partial charge on any atom is -0.489 e. The third-order valence-electron chi connectivity index (χ3n) is 3.29. The van der Waals surface area contributed by atoms with Crippen LogP contribution in [0.2, 0.25) is 0 Å². The topological polar surface area (TPSA) is 49.8 Å². The lowest BCUT2D eigenvalue weighted by Crippen LogP contribution is -2.40. The van der Waals surface area contributed by atoms with Crippen molar-refractivity contribution in [3.05, 3.63) is 29.8 Å². The van der Waals surface area contributed by atoms with E-state index in [2.05, 4.69) is 11.8 Å². The maximum Gasteiger partial charge on any atom is 0.335 e. The molecule has 1 heterocycles. The number of hydrogen-bond acceptors (Lipinski definition) is 3. The summed E-state index contributed by atoms with van der Waals surface area (Å²) in [6.07, 6.45) is 2.34. The molecule has 1 fully saturated rings. The van der Waals surface area contributed by atoms with Gasteiger partial charge in [-0.15, -0.1) is 0 Å². The van der Waals surface area contributed by atoms with E-state index in [-0.39, 0.29) is 11.7 Å². The van der Waals surface area contributed by atoms with Crippen LogP contribution in [0, 0.1) is 0 Å². The van der Waals surface area contributed by atoms with Crippen molar-refractivity contribution < 1.29 is 14.6 Å². The van der Waals surface area contributed by atoms with Gasteiger partial charge < -0.3 is 9.84 Å².